The Bertz CT molecular complexity index is 278. The van der Waals surface area contributed by atoms with E-state index in [4.69, 9.17) is 4.74 Å². The van der Waals surface area contributed by atoms with Gasteiger partial charge in [0.25, 0.3) is 0 Å². The van der Waals surface area contributed by atoms with Crippen LogP contribution in [-0.2, 0) is 9.53 Å². The molecule has 0 aromatic carbocycles. The summed E-state index contributed by atoms with van der Waals surface area (Å²) in [6, 6.07) is 0. The Morgan fingerprint density at radius 2 is 2.28 bits per heavy atom. The second kappa shape index (κ2) is 6.73. The molecule has 2 rings (SSSR count). The standard InChI is InChI=1S/C13H24N2O2.ClH/c1-10(2)12(16)15-8-11-4-3-5-13(17-11)6-7-14-9-13;/h10-11,14H,3-9H2,1-2H3,(H,15,16);1H/t11-,13-;/m1./s1. The zero-order valence-corrected chi connectivity index (χ0v) is 12.1. The van der Waals surface area contributed by atoms with Crippen LogP contribution in [0.5, 0.6) is 0 Å². The minimum absolute atomic E-state index is 0. The van der Waals surface area contributed by atoms with E-state index in [2.05, 4.69) is 10.6 Å². The average Bonchev–Trinajstić information content (AvgIpc) is 2.74. The van der Waals surface area contributed by atoms with E-state index in [-0.39, 0.29) is 35.9 Å². The van der Waals surface area contributed by atoms with Gasteiger partial charge in [-0.1, -0.05) is 13.8 Å². The summed E-state index contributed by atoms with van der Waals surface area (Å²) in [7, 11) is 0. The van der Waals surface area contributed by atoms with Gasteiger partial charge in [0.2, 0.25) is 5.91 Å². The predicted octanol–water partition coefficient (Wildman–Crippen LogP) is 1.48. The van der Waals surface area contributed by atoms with Gasteiger partial charge < -0.3 is 15.4 Å². The SMILES string of the molecule is CC(C)C(=O)NC[C@H]1CCC[C@]2(CCNC2)O1.Cl. The third-order valence-corrected chi connectivity index (χ3v) is 3.81. The predicted molar refractivity (Wildman–Crippen MR) is 74.0 cm³/mol. The number of ether oxygens (including phenoxy) is 1. The van der Waals surface area contributed by atoms with Crippen LogP contribution in [0.1, 0.15) is 39.5 Å². The molecule has 2 heterocycles. The van der Waals surface area contributed by atoms with Crippen molar-refractivity contribution in [1.29, 1.82) is 0 Å². The second-order valence-electron chi connectivity index (χ2n) is 5.64. The zero-order chi connectivity index (χ0) is 12.3. The fourth-order valence-electron chi connectivity index (χ4n) is 2.72. The molecule has 0 radical (unpaired) electrons. The van der Waals surface area contributed by atoms with E-state index < -0.39 is 0 Å². The zero-order valence-electron chi connectivity index (χ0n) is 11.3. The van der Waals surface area contributed by atoms with Crippen LogP contribution >= 0.6 is 12.4 Å². The van der Waals surface area contributed by atoms with Gasteiger partial charge in [-0.3, -0.25) is 4.79 Å². The number of halogens is 1. The number of nitrogens with one attached hydrogen (secondary N) is 2. The third-order valence-electron chi connectivity index (χ3n) is 3.81. The first kappa shape index (κ1) is 15.7. The van der Waals surface area contributed by atoms with Crippen molar-refractivity contribution in [2.24, 2.45) is 5.92 Å². The molecule has 2 aliphatic heterocycles. The lowest BCUT2D eigenvalue weighted by atomic mass is 9.90. The third kappa shape index (κ3) is 3.84. The van der Waals surface area contributed by atoms with Crippen molar-refractivity contribution in [1.82, 2.24) is 10.6 Å². The fraction of sp³-hybridized carbons (Fsp3) is 0.923. The van der Waals surface area contributed by atoms with Crippen LogP contribution in [0.15, 0.2) is 0 Å². The summed E-state index contributed by atoms with van der Waals surface area (Å²) in [5.74, 6) is 0.179. The second-order valence-corrected chi connectivity index (χ2v) is 5.64. The van der Waals surface area contributed by atoms with Gasteiger partial charge >= 0.3 is 0 Å². The minimum Gasteiger partial charge on any atom is -0.369 e. The molecule has 2 aliphatic rings. The Labute approximate surface area is 116 Å². The van der Waals surface area contributed by atoms with Crippen LogP contribution in [-0.4, -0.2) is 37.2 Å². The van der Waals surface area contributed by atoms with Crippen molar-refractivity contribution in [3.05, 3.63) is 0 Å². The molecule has 0 aromatic rings. The lowest BCUT2D eigenvalue weighted by molar-refractivity contribution is -0.130. The fourth-order valence-corrected chi connectivity index (χ4v) is 2.72. The Kier molecular flexibility index (Phi) is 5.89. The summed E-state index contributed by atoms with van der Waals surface area (Å²) in [6.45, 7) is 6.53. The van der Waals surface area contributed by atoms with E-state index in [0.29, 0.717) is 6.54 Å². The maximum Gasteiger partial charge on any atom is 0.222 e. The monoisotopic (exact) mass is 276 g/mol. The first-order valence-electron chi connectivity index (χ1n) is 6.78. The molecule has 0 unspecified atom stereocenters. The first-order valence-corrected chi connectivity index (χ1v) is 6.78. The highest BCUT2D eigenvalue weighted by molar-refractivity contribution is 5.85. The molecule has 2 atom stereocenters. The van der Waals surface area contributed by atoms with Gasteiger partial charge in [0.15, 0.2) is 0 Å². The molecular weight excluding hydrogens is 252 g/mol. The molecule has 18 heavy (non-hydrogen) atoms. The molecule has 106 valence electrons. The molecule has 1 amide bonds. The molecule has 5 heteroatoms. The van der Waals surface area contributed by atoms with Crippen LogP contribution in [0, 0.1) is 5.92 Å². The molecule has 0 aliphatic carbocycles. The largest absolute Gasteiger partial charge is 0.369 e. The van der Waals surface area contributed by atoms with Crippen molar-refractivity contribution < 1.29 is 9.53 Å². The van der Waals surface area contributed by atoms with E-state index in [1.54, 1.807) is 0 Å². The normalized spacial score (nSPS) is 31.4. The van der Waals surface area contributed by atoms with Crippen LogP contribution in [0.2, 0.25) is 0 Å². The van der Waals surface area contributed by atoms with Gasteiger partial charge in [0, 0.05) is 19.0 Å². The highest BCUT2D eigenvalue weighted by Gasteiger charge is 2.39. The van der Waals surface area contributed by atoms with Crippen LogP contribution in [0.4, 0.5) is 0 Å². The van der Waals surface area contributed by atoms with E-state index in [1.807, 2.05) is 13.8 Å². The van der Waals surface area contributed by atoms with Gasteiger partial charge in [-0.15, -0.1) is 12.4 Å². The summed E-state index contributed by atoms with van der Waals surface area (Å²) in [5, 5.41) is 6.35. The number of carbonyl (C=O) groups excluding carboxylic acids is 1. The van der Waals surface area contributed by atoms with Crippen molar-refractivity contribution in [3.63, 3.8) is 0 Å². The summed E-state index contributed by atoms with van der Waals surface area (Å²) in [4.78, 5) is 11.5. The molecule has 0 saturated carbocycles. The van der Waals surface area contributed by atoms with Crippen molar-refractivity contribution >= 4 is 18.3 Å². The number of carbonyl (C=O) groups is 1. The van der Waals surface area contributed by atoms with E-state index in [9.17, 15) is 4.79 Å². The van der Waals surface area contributed by atoms with Crippen molar-refractivity contribution in [3.8, 4) is 0 Å². The smallest absolute Gasteiger partial charge is 0.222 e. The van der Waals surface area contributed by atoms with Gasteiger partial charge in [-0.25, -0.2) is 0 Å². The maximum absolute atomic E-state index is 11.5. The molecule has 0 bridgehead atoms. The van der Waals surface area contributed by atoms with Gasteiger partial charge in [-0.05, 0) is 32.2 Å². The number of hydrogen-bond acceptors (Lipinski definition) is 3. The Morgan fingerprint density at radius 3 is 2.89 bits per heavy atom. The van der Waals surface area contributed by atoms with E-state index in [1.165, 1.54) is 6.42 Å². The summed E-state index contributed by atoms with van der Waals surface area (Å²) in [6.07, 6.45) is 4.76. The lowest BCUT2D eigenvalue weighted by Gasteiger charge is -2.38. The molecule has 0 aromatic heterocycles. The van der Waals surface area contributed by atoms with Crippen LogP contribution in [0.3, 0.4) is 0 Å². The molecule has 2 saturated heterocycles. The minimum atomic E-state index is 0. The van der Waals surface area contributed by atoms with E-state index >= 15 is 0 Å². The van der Waals surface area contributed by atoms with Crippen molar-refractivity contribution in [2.75, 3.05) is 19.6 Å². The Morgan fingerprint density at radius 1 is 1.50 bits per heavy atom. The molecular formula is C13H25ClN2O2. The lowest BCUT2D eigenvalue weighted by Crippen LogP contribution is -2.46. The number of hydrogen-bond donors (Lipinski definition) is 2. The number of rotatable bonds is 3. The molecule has 2 fully saturated rings. The Hall–Kier alpha value is -0.320. The van der Waals surface area contributed by atoms with Gasteiger partial charge in [0.1, 0.15) is 0 Å². The average molecular weight is 277 g/mol. The molecule has 4 nitrogen and oxygen atoms in total. The van der Waals surface area contributed by atoms with Crippen molar-refractivity contribution in [2.45, 2.75) is 51.2 Å². The first-order chi connectivity index (χ1) is 8.11. The number of amides is 1. The Balaban J connectivity index is 0.00000162. The van der Waals surface area contributed by atoms with Crippen LogP contribution < -0.4 is 10.6 Å². The van der Waals surface area contributed by atoms with Gasteiger partial charge in [0.05, 0.1) is 11.7 Å². The highest BCUT2D eigenvalue weighted by Crippen LogP contribution is 2.33. The summed E-state index contributed by atoms with van der Waals surface area (Å²) < 4.78 is 6.19. The van der Waals surface area contributed by atoms with Crippen LogP contribution in [0.25, 0.3) is 0 Å². The highest BCUT2D eigenvalue weighted by atomic mass is 35.5. The summed E-state index contributed by atoms with van der Waals surface area (Å²) in [5.41, 5.74) is 0.0610. The van der Waals surface area contributed by atoms with Gasteiger partial charge in [-0.2, -0.15) is 0 Å². The maximum atomic E-state index is 11.5. The topological polar surface area (TPSA) is 50.4 Å². The molecule has 2 N–H and O–H groups in total. The van der Waals surface area contributed by atoms with E-state index in [0.717, 1.165) is 32.4 Å². The molecule has 1 spiro atoms. The quantitative estimate of drug-likeness (QED) is 0.821. The summed E-state index contributed by atoms with van der Waals surface area (Å²) >= 11 is 0.